The minimum atomic E-state index is -4.71. The largest absolute Gasteiger partial charge is 0.418 e. The molecule has 0 spiro atoms. The molecular formula is C30H33F3N4O3. The van der Waals surface area contributed by atoms with Gasteiger partial charge in [-0.25, -0.2) is 9.97 Å². The summed E-state index contributed by atoms with van der Waals surface area (Å²) in [6.45, 7) is 6.25. The van der Waals surface area contributed by atoms with Crippen LogP contribution in [0.1, 0.15) is 65.6 Å². The predicted octanol–water partition coefficient (Wildman–Crippen LogP) is 5.25. The number of fused-ring (bicyclic) bond motifs is 3. The lowest BCUT2D eigenvalue weighted by Gasteiger charge is -2.26. The molecule has 1 fully saturated rings. The number of hydrogen-bond acceptors (Lipinski definition) is 7. The molecule has 1 aliphatic heterocycles. The molecule has 5 rings (SSSR count). The van der Waals surface area contributed by atoms with Crippen molar-refractivity contribution in [1.82, 2.24) is 14.9 Å². The van der Waals surface area contributed by atoms with Crippen LogP contribution in [0, 0.1) is 6.92 Å². The number of aliphatic hydroxyl groups is 1. The average molecular weight is 555 g/mol. The lowest BCUT2D eigenvalue weighted by atomic mass is 10.0. The summed E-state index contributed by atoms with van der Waals surface area (Å²) in [5, 5.41) is 13.2. The van der Waals surface area contributed by atoms with Crippen molar-refractivity contribution in [1.29, 1.82) is 0 Å². The van der Waals surface area contributed by atoms with Gasteiger partial charge in [0.25, 0.3) is 0 Å². The Morgan fingerprint density at radius 2 is 1.82 bits per heavy atom. The number of nitrogens with one attached hydrogen (secondary N) is 1. The average Bonchev–Trinajstić information content (AvgIpc) is 3.28. The highest BCUT2D eigenvalue weighted by Crippen LogP contribution is 2.40. The standard InChI is InChI=1S/C29H33F3N4O.CO2/c1-19-9-10-23-22(15-19)18-24-26(23)28(33-11-6-14-36-12-3-2-4-13-36)35-25(34-24)17-20-7-5-8-21(16-20)27(37)29(30,31)32;2-1-3/h5,7-10,15-16,27,37H,2-4,6,11-14,17-18H2,1H3,(H,33,34,35);. The first-order valence-corrected chi connectivity index (χ1v) is 13.5. The Bertz CT molecular complexity index is 1350. The molecule has 2 aromatic carbocycles. The number of likely N-dealkylation sites (tertiary alicyclic amines) is 1. The minimum Gasteiger partial charge on any atom is -0.379 e. The van der Waals surface area contributed by atoms with E-state index in [1.807, 2.05) is 0 Å². The molecule has 3 aromatic rings. The zero-order valence-corrected chi connectivity index (χ0v) is 22.4. The number of rotatable bonds is 8. The molecule has 7 nitrogen and oxygen atoms in total. The summed E-state index contributed by atoms with van der Waals surface area (Å²) < 4.78 is 39.1. The normalized spacial score (nSPS) is 15.3. The maximum Gasteiger partial charge on any atom is 0.418 e. The first-order chi connectivity index (χ1) is 19.2. The Hall–Kier alpha value is -3.59. The molecule has 1 unspecified atom stereocenters. The van der Waals surface area contributed by atoms with Crippen LogP contribution in [0.4, 0.5) is 19.0 Å². The zero-order chi connectivity index (χ0) is 28.7. The Kier molecular flexibility index (Phi) is 9.68. The monoisotopic (exact) mass is 554 g/mol. The van der Waals surface area contributed by atoms with E-state index in [-0.39, 0.29) is 18.1 Å². The van der Waals surface area contributed by atoms with Gasteiger partial charge >= 0.3 is 12.3 Å². The molecule has 0 radical (unpaired) electrons. The molecule has 10 heteroatoms. The molecule has 2 heterocycles. The summed E-state index contributed by atoms with van der Waals surface area (Å²) in [7, 11) is 0. The third-order valence-corrected chi connectivity index (χ3v) is 7.25. The fraction of sp³-hybridized carbons (Fsp3) is 0.433. The second-order valence-electron chi connectivity index (χ2n) is 10.3. The van der Waals surface area contributed by atoms with Crippen LogP contribution in [0.15, 0.2) is 42.5 Å². The summed E-state index contributed by atoms with van der Waals surface area (Å²) in [5.74, 6) is 1.34. The van der Waals surface area contributed by atoms with Gasteiger partial charge in [-0.1, -0.05) is 54.4 Å². The highest BCUT2D eigenvalue weighted by atomic mass is 19.4. The molecule has 40 heavy (non-hydrogen) atoms. The van der Waals surface area contributed by atoms with Gasteiger partial charge in [0.1, 0.15) is 11.6 Å². The molecule has 2 aliphatic rings. The number of aromatic nitrogens is 2. The van der Waals surface area contributed by atoms with Gasteiger partial charge in [0.2, 0.25) is 0 Å². The van der Waals surface area contributed by atoms with Crippen molar-refractivity contribution in [2.45, 2.75) is 57.7 Å². The van der Waals surface area contributed by atoms with Crippen molar-refractivity contribution in [3.8, 4) is 11.1 Å². The Morgan fingerprint density at radius 3 is 2.55 bits per heavy atom. The van der Waals surface area contributed by atoms with Crippen LogP contribution in [0.2, 0.25) is 0 Å². The SMILES string of the molecule is Cc1ccc2c(c1)Cc1nc(Cc3cccc(C(O)C(F)(F)F)c3)nc(NCCCN3CCCCC3)c1-2.O=C=O. The van der Waals surface area contributed by atoms with Crippen LogP contribution in [0.5, 0.6) is 0 Å². The van der Waals surface area contributed by atoms with E-state index >= 15 is 0 Å². The number of aryl methyl sites for hydroxylation is 1. The third kappa shape index (κ3) is 7.33. The molecule has 0 bridgehead atoms. The fourth-order valence-corrected chi connectivity index (χ4v) is 5.41. The minimum absolute atomic E-state index is 0.176. The van der Waals surface area contributed by atoms with Gasteiger partial charge in [-0.3, -0.25) is 0 Å². The molecule has 0 saturated carbocycles. The number of halogens is 3. The van der Waals surface area contributed by atoms with Gasteiger partial charge in [-0.2, -0.15) is 22.8 Å². The van der Waals surface area contributed by atoms with E-state index in [4.69, 9.17) is 19.6 Å². The van der Waals surface area contributed by atoms with Crippen LogP contribution >= 0.6 is 0 Å². The van der Waals surface area contributed by atoms with Crippen molar-refractivity contribution in [3.05, 3.63) is 76.2 Å². The van der Waals surface area contributed by atoms with Gasteiger partial charge in [-0.05, 0) is 68.1 Å². The Balaban J connectivity index is 0.00000118. The molecule has 1 saturated heterocycles. The van der Waals surface area contributed by atoms with Crippen molar-refractivity contribution in [3.63, 3.8) is 0 Å². The third-order valence-electron chi connectivity index (χ3n) is 7.25. The number of aliphatic hydroxyl groups excluding tert-OH is 1. The van der Waals surface area contributed by atoms with Crippen LogP contribution < -0.4 is 5.32 Å². The lowest BCUT2D eigenvalue weighted by molar-refractivity contribution is -0.206. The lowest BCUT2D eigenvalue weighted by Crippen LogP contribution is -2.31. The molecule has 1 atom stereocenters. The molecule has 1 aromatic heterocycles. The first-order valence-electron chi connectivity index (χ1n) is 13.5. The number of piperidine rings is 1. The van der Waals surface area contributed by atoms with E-state index in [1.165, 1.54) is 61.7 Å². The fourth-order valence-electron chi connectivity index (χ4n) is 5.41. The van der Waals surface area contributed by atoms with Gasteiger partial charge < -0.3 is 15.3 Å². The van der Waals surface area contributed by atoms with Gasteiger partial charge in [0.05, 0.1) is 5.69 Å². The van der Waals surface area contributed by atoms with E-state index < -0.39 is 12.3 Å². The predicted molar refractivity (Wildman–Crippen MR) is 144 cm³/mol. The van der Waals surface area contributed by atoms with Crippen molar-refractivity contribution in [2.75, 3.05) is 31.5 Å². The van der Waals surface area contributed by atoms with E-state index in [1.54, 1.807) is 6.07 Å². The second-order valence-corrected chi connectivity index (χ2v) is 10.3. The van der Waals surface area contributed by atoms with Crippen molar-refractivity contribution in [2.24, 2.45) is 0 Å². The van der Waals surface area contributed by atoms with Crippen molar-refractivity contribution >= 4 is 12.0 Å². The molecule has 0 amide bonds. The smallest absolute Gasteiger partial charge is 0.379 e. The highest BCUT2D eigenvalue weighted by Gasteiger charge is 2.39. The molecule has 212 valence electrons. The summed E-state index contributed by atoms with van der Waals surface area (Å²) in [5.41, 5.74) is 5.96. The number of alkyl halides is 3. The van der Waals surface area contributed by atoms with E-state index in [9.17, 15) is 18.3 Å². The van der Waals surface area contributed by atoms with Crippen LogP contribution in [-0.2, 0) is 22.4 Å². The maximum absolute atomic E-state index is 13.0. The molecular weight excluding hydrogens is 521 g/mol. The maximum atomic E-state index is 13.0. The number of anilines is 1. The van der Waals surface area contributed by atoms with E-state index in [0.29, 0.717) is 17.8 Å². The van der Waals surface area contributed by atoms with Crippen LogP contribution in [0.3, 0.4) is 0 Å². The number of nitrogens with zero attached hydrogens (tertiary/aromatic N) is 3. The van der Waals surface area contributed by atoms with E-state index in [2.05, 4.69) is 35.3 Å². The quantitative estimate of drug-likeness (QED) is 0.288. The number of hydrogen-bond donors (Lipinski definition) is 2. The summed E-state index contributed by atoms with van der Waals surface area (Å²) >= 11 is 0. The van der Waals surface area contributed by atoms with Crippen molar-refractivity contribution < 1.29 is 27.9 Å². The highest BCUT2D eigenvalue weighted by molar-refractivity contribution is 5.84. The summed E-state index contributed by atoms with van der Waals surface area (Å²) in [6.07, 6.45) is -1.11. The van der Waals surface area contributed by atoms with Crippen LogP contribution in [-0.4, -0.2) is 58.5 Å². The summed E-state index contributed by atoms with van der Waals surface area (Å²) in [6, 6.07) is 12.4. The van der Waals surface area contributed by atoms with Gasteiger partial charge in [0.15, 0.2) is 6.10 Å². The van der Waals surface area contributed by atoms with Gasteiger partial charge in [0, 0.05) is 24.9 Å². The Morgan fingerprint density at radius 1 is 1.07 bits per heavy atom. The summed E-state index contributed by atoms with van der Waals surface area (Å²) in [4.78, 5) is 28.4. The van der Waals surface area contributed by atoms with E-state index in [0.717, 1.165) is 42.1 Å². The first kappa shape index (κ1) is 29.4. The number of benzene rings is 2. The van der Waals surface area contributed by atoms with Gasteiger partial charge in [-0.15, -0.1) is 0 Å². The molecule has 2 N–H and O–H groups in total. The zero-order valence-electron chi connectivity index (χ0n) is 22.4. The topological polar surface area (TPSA) is 95.4 Å². The van der Waals surface area contributed by atoms with Crippen LogP contribution in [0.25, 0.3) is 11.1 Å². The second kappa shape index (κ2) is 13.2. The number of carbonyl (C=O) groups excluding carboxylic acids is 2. The molecule has 1 aliphatic carbocycles. The Labute approximate surface area is 231 Å².